The molecule has 128 valence electrons. The van der Waals surface area contributed by atoms with Crippen LogP contribution in [0.4, 0.5) is 11.4 Å². The quantitative estimate of drug-likeness (QED) is 0.368. The zero-order valence-corrected chi connectivity index (χ0v) is 13.9. The molecule has 0 saturated carbocycles. The molecule has 0 aromatic heterocycles. The minimum Gasteiger partial charge on any atom is -0.507 e. The predicted molar refractivity (Wildman–Crippen MR) is 100 cm³/mol. The Morgan fingerprint density at radius 1 is 0.923 bits per heavy atom. The number of azo groups is 1. The normalized spacial score (nSPS) is 10.6. The Hall–Kier alpha value is -3.73. The second kappa shape index (κ2) is 7.90. The molecule has 3 aromatic rings. The lowest BCUT2D eigenvalue weighted by molar-refractivity contribution is 0.0731. The minimum absolute atomic E-state index is 0.0585. The number of esters is 1. The molecule has 0 heterocycles. The average Bonchev–Trinajstić information content (AvgIpc) is 2.67. The van der Waals surface area contributed by atoms with Gasteiger partial charge in [-0.1, -0.05) is 43.0 Å². The Morgan fingerprint density at radius 3 is 2.23 bits per heavy atom. The molecule has 0 aliphatic heterocycles. The highest BCUT2D eigenvalue weighted by Crippen LogP contribution is 2.27. The Labute approximate surface area is 150 Å². The molecule has 0 saturated heterocycles. The molecule has 0 aliphatic carbocycles. The third-order valence-corrected chi connectivity index (χ3v) is 3.56. The first-order chi connectivity index (χ1) is 12.7. The van der Waals surface area contributed by atoms with Crippen molar-refractivity contribution in [2.24, 2.45) is 10.2 Å². The number of rotatable bonds is 5. The van der Waals surface area contributed by atoms with Crippen LogP contribution in [-0.2, 0) is 0 Å². The number of hydrogen-bond donors (Lipinski definition) is 1. The van der Waals surface area contributed by atoms with E-state index in [0.29, 0.717) is 17.1 Å². The monoisotopic (exact) mass is 344 g/mol. The molecule has 0 fully saturated rings. The van der Waals surface area contributed by atoms with Crippen LogP contribution in [0.3, 0.4) is 0 Å². The van der Waals surface area contributed by atoms with Crippen molar-refractivity contribution in [1.29, 1.82) is 0 Å². The first kappa shape index (κ1) is 17.1. The fraction of sp³-hybridized carbons (Fsp3) is 0. The van der Waals surface area contributed by atoms with Gasteiger partial charge in [-0.3, -0.25) is 0 Å². The van der Waals surface area contributed by atoms with Crippen molar-refractivity contribution in [3.63, 3.8) is 0 Å². The lowest BCUT2D eigenvalue weighted by Crippen LogP contribution is -2.08. The van der Waals surface area contributed by atoms with Crippen LogP contribution < -0.4 is 4.74 Å². The first-order valence-corrected chi connectivity index (χ1v) is 7.90. The number of phenolic OH excluding ortho intramolecular Hbond substituents is 1. The summed E-state index contributed by atoms with van der Waals surface area (Å²) in [5.74, 6) is -0.453. The standard InChI is InChI=1S/C21H16N2O3/c1-2-15-8-10-16(11-9-15)22-23-17-12-13-19(20(24)14-17)21(25)26-18-6-4-3-5-7-18/h2-14,24H,1H2. The van der Waals surface area contributed by atoms with Crippen molar-refractivity contribution in [1.82, 2.24) is 0 Å². The number of benzene rings is 3. The molecular weight excluding hydrogens is 328 g/mol. The summed E-state index contributed by atoms with van der Waals surface area (Å²) in [6.45, 7) is 3.69. The van der Waals surface area contributed by atoms with Crippen molar-refractivity contribution in [2.45, 2.75) is 0 Å². The predicted octanol–water partition coefficient (Wildman–Crippen LogP) is 5.67. The average molecular weight is 344 g/mol. The molecule has 0 aliphatic rings. The van der Waals surface area contributed by atoms with E-state index in [1.807, 2.05) is 30.3 Å². The second-order valence-corrected chi connectivity index (χ2v) is 5.40. The summed E-state index contributed by atoms with van der Waals surface area (Å²) in [5, 5.41) is 18.3. The third kappa shape index (κ3) is 4.21. The van der Waals surface area contributed by atoms with E-state index in [4.69, 9.17) is 4.74 Å². The molecule has 0 amide bonds. The van der Waals surface area contributed by atoms with E-state index in [1.54, 1.807) is 36.4 Å². The van der Waals surface area contributed by atoms with Crippen molar-refractivity contribution in [3.05, 3.63) is 90.5 Å². The summed E-state index contributed by atoms with van der Waals surface area (Å²) in [6, 6.07) is 20.4. The van der Waals surface area contributed by atoms with E-state index in [1.165, 1.54) is 12.1 Å². The van der Waals surface area contributed by atoms with Crippen LogP contribution in [0.1, 0.15) is 15.9 Å². The Kier molecular flexibility index (Phi) is 5.19. The molecule has 0 radical (unpaired) electrons. The van der Waals surface area contributed by atoms with Crippen LogP contribution in [0.5, 0.6) is 11.5 Å². The number of hydrogen-bond acceptors (Lipinski definition) is 5. The van der Waals surface area contributed by atoms with Gasteiger partial charge in [-0.05, 0) is 42.0 Å². The van der Waals surface area contributed by atoms with E-state index in [9.17, 15) is 9.90 Å². The van der Waals surface area contributed by atoms with Crippen LogP contribution in [0.2, 0.25) is 0 Å². The molecule has 26 heavy (non-hydrogen) atoms. The van der Waals surface area contributed by atoms with Gasteiger partial charge in [0.2, 0.25) is 0 Å². The van der Waals surface area contributed by atoms with Gasteiger partial charge >= 0.3 is 5.97 Å². The maximum Gasteiger partial charge on any atom is 0.347 e. The minimum atomic E-state index is -0.641. The van der Waals surface area contributed by atoms with Crippen molar-refractivity contribution in [3.8, 4) is 11.5 Å². The van der Waals surface area contributed by atoms with Gasteiger partial charge in [0, 0.05) is 6.07 Å². The molecule has 0 bridgehead atoms. The summed E-state index contributed by atoms with van der Waals surface area (Å²) in [5.41, 5.74) is 2.14. The molecule has 0 spiro atoms. The molecule has 3 aromatic carbocycles. The number of carbonyl (C=O) groups is 1. The number of ether oxygens (including phenoxy) is 1. The molecule has 5 heteroatoms. The third-order valence-electron chi connectivity index (χ3n) is 3.56. The van der Waals surface area contributed by atoms with E-state index in [0.717, 1.165) is 5.56 Å². The maximum atomic E-state index is 12.1. The highest BCUT2D eigenvalue weighted by atomic mass is 16.5. The molecule has 0 unspecified atom stereocenters. The Balaban J connectivity index is 1.73. The largest absolute Gasteiger partial charge is 0.507 e. The number of aromatic hydroxyl groups is 1. The number of phenols is 1. The van der Waals surface area contributed by atoms with Crippen LogP contribution in [-0.4, -0.2) is 11.1 Å². The van der Waals surface area contributed by atoms with Gasteiger partial charge in [-0.15, -0.1) is 0 Å². The topological polar surface area (TPSA) is 71.2 Å². The summed E-state index contributed by atoms with van der Waals surface area (Å²) in [7, 11) is 0. The molecule has 1 N–H and O–H groups in total. The SMILES string of the molecule is C=Cc1ccc(N=Nc2ccc(C(=O)Oc3ccccc3)c(O)c2)cc1. The number of para-hydroxylation sites is 1. The number of carbonyl (C=O) groups excluding carboxylic acids is 1. The fourth-order valence-corrected chi connectivity index (χ4v) is 2.20. The summed E-state index contributed by atoms with van der Waals surface area (Å²) < 4.78 is 5.21. The Bertz CT molecular complexity index is 949. The second-order valence-electron chi connectivity index (χ2n) is 5.40. The highest BCUT2D eigenvalue weighted by molar-refractivity contribution is 5.94. The first-order valence-electron chi connectivity index (χ1n) is 7.90. The van der Waals surface area contributed by atoms with Gasteiger partial charge in [-0.2, -0.15) is 10.2 Å². The van der Waals surface area contributed by atoms with E-state index >= 15 is 0 Å². The molecular formula is C21H16N2O3. The Morgan fingerprint density at radius 2 is 1.58 bits per heavy atom. The van der Waals surface area contributed by atoms with Crippen LogP contribution in [0.25, 0.3) is 6.08 Å². The van der Waals surface area contributed by atoms with Crippen LogP contribution in [0, 0.1) is 0 Å². The maximum absolute atomic E-state index is 12.1. The van der Waals surface area contributed by atoms with Crippen LogP contribution >= 0.6 is 0 Å². The van der Waals surface area contributed by atoms with Crippen molar-refractivity contribution in [2.75, 3.05) is 0 Å². The van der Waals surface area contributed by atoms with Gasteiger partial charge in [0.25, 0.3) is 0 Å². The molecule has 3 rings (SSSR count). The van der Waals surface area contributed by atoms with E-state index in [2.05, 4.69) is 16.8 Å². The lowest BCUT2D eigenvalue weighted by Gasteiger charge is -2.06. The van der Waals surface area contributed by atoms with E-state index < -0.39 is 5.97 Å². The van der Waals surface area contributed by atoms with Gasteiger partial charge in [-0.25, -0.2) is 4.79 Å². The zero-order chi connectivity index (χ0) is 18.4. The summed E-state index contributed by atoms with van der Waals surface area (Å²) in [4.78, 5) is 12.1. The van der Waals surface area contributed by atoms with Gasteiger partial charge in [0.15, 0.2) is 0 Å². The van der Waals surface area contributed by atoms with Gasteiger partial charge in [0.05, 0.1) is 11.4 Å². The fourth-order valence-electron chi connectivity index (χ4n) is 2.20. The lowest BCUT2D eigenvalue weighted by atomic mass is 10.2. The van der Waals surface area contributed by atoms with E-state index in [-0.39, 0.29) is 11.3 Å². The van der Waals surface area contributed by atoms with Crippen LogP contribution in [0.15, 0.2) is 89.6 Å². The van der Waals surface area contributed by atoms with Crippen molar-refractivity contribution >= 4 is 23.4 Å². The van der Waals surface area contributed by atoms with Gasteiger partial charge < -0.3 is 9.84 Å². The summed E-state index contributed by atoms with van der Waals surface area (Å²) in [6.07, 6.45) is 1.74. The summed E-state index contributed by atoms with van der Waals surface area (Å²) >= 11 is 0. The van der Waals surface area contributed by atoms with Crippen molar-refractivity contribution < 1.29 is 14.6 Å². The van der Waals surface area contributed by atoms with Gasteiger partial charge in [0.1, 0.15) is 17.1 Å². The highest BCUT2D eigenvalue weighted by Gasteiger charge is 2.14. The smallest absolute Gasteiger partial charge is 0.347 e. The molecule has 5 nitrogen and oxygen atoms in total. The molecule has 0 atom stereocenters. The number of nitrogens with zero attached hydrogens (tertiary/aromatic N) is 2. The zero-order valence-electron chi connectivity index (χ0n) is 13.9.